The molecule has 0 aliphatic carbocycles. The second-order valence-electron chi connectivity index (χ2n) is 7.96. The molecule has 0 spiro atoms. The van der Waals surface area contributed by atoms with Crippen molar-refractivity contribution >= 4 is 21.9 Å². The summed E-state index contributed by atoms with van der Waals surface area (Å²) in [5, 5.41) is 18.2. The molecule has 5 rings (SSSR count). The second kappa shape index (κ2) is 16.1. The number of hydrogen-bond donors (Lipinski definition) is 5. The van der Waals surface area contributed by atoms with Crippen LogP contribution < -0.4 is 18.9 Å². The molecule has 0 fully saturated rings. The fourth-order valence-corrected chi connectivity index (χ4v) is 5.72. The molecule has 5 aromatic carbocycles. The van der Waals surface area contributed by atoms with Crippen LogP contribution in [-0.4, -0.2) is 24.9 Å². The third-order valence-electron chi connectivity index (χ3n) is 4.94. The summed E-state index contributed by atoms with van der Waals surface area (Å²) in [7, 11) is -6.01. The number of rotatable bonds is 7. The molecule has 0 radical (unpaired) electrons. The maximum absolute atomic E-state index is 8.65. The Balaban J connectivity index is 0.000000306. The van der Waals surface area contributed by atoms with E-state index in [4.69, 9.17) is 38.5 Å². The van der Waals surface area contributed by atoms with Gasteiger partial charge >= 0.3 is 174 Å². The van der Waals surface area contributed by atoms with Gasteiger partial charge in [-0.05, 0) is 12.1 Å². The van der Waals surface area contributed by atoms with E-state index in [-0.39, 0.29) is 11.5 Å². The van der Waals surface area contributed by atoms with Crippen LogP contribution >= 0.6 is 16.5 Å². The van der Waals surface area contributed by atoms with Crippen LogP contribution in [0, 0.1) is 0 Å². The summed E-state index contributed by atoms with van der Waals surface area (Å²) in [4.78, 5) is 21.7. The van der Waals surface area contributed by atoms with Gasteiger partial charge in [-0.3, -0.25) is 0 Å². The van der Waals surface area contributed by atoms with Gasteiger partial charge in [0.05, 0.1) is 0 Å². The van der Waals surface area contributed by atoms with Crippen LogP contribution in [0.1, 0.15) is 0 Å². The average molecular weight is 581 g/mol. The van der Waals surface area contributed by atoms with Gasteiger partial charge in [0.2, 0.25) is 0 Å². The van der Waals surface area contributed by atoms with E-state index < -0.39 is 16.5 Å². The Hall–Kier alpha value is -4.16. The van der Waals surface area contributed by atoms with Crippen molar-refractivity contribution in [3.63, 3.8) is 0 Å². The minimum atomic E-state index is -3.39. The monoisotopic (exact) mass is 580 g/mol. The Morgan fingerprint density at radius 1 is 0.425 bits per heavy atom. The number of para-hydroxylation sites is 3. The molecular weight excluding hydrogens is 550 g/mol. The Kier molecular flexibility index (Phi) is 12.2. The molecule has 10 heteroatoms. The zero-order valence-corrected chi connectivity index (χ0v) is 23.2. The van der Waals surface area contributed by atoms with Crippen molar-refractivity contribution in [2.24, 2.45) is 0 Å². The molecule has 5 aromatic rings. The number of benzene rings is 5. The molecule has 8 nitrogen and oxygen atoms in total. The molecule has 0 saturated carbocycles. The van der Waals surface area contributed by atoms with Crippen LogP contribution in [0.15, 0.2) is 146 Å². The van der Waals surface area contributed by atoms with Gasteiger partial charge < -0.3 is 24.9 Å². The molecule has 0 heterocycles. The van der Waals surface area contributed by atoms with Gasteiger partial charge in [-0.2, -0.15) is 0 Å². The van der Waals surface area contributed by atoms with E-state index >= 15 is 0 Å². The Morgan fingerprint density at radius 3 is 1.00 bits per heavy atom. The van der Waals surface area contributed by atoms with Crippen molar-refractivity contribution in [2.45, 2.75) is 0 Å². The van der Waals surface area contributed by atoms with Gasteiger partial charge in [0.15, 0.2) is 0 Å². The van der Waals surface area contributed by atoms with Crippen LogP contribution in [-0.2, 0) is 0 Å². The van der Waals surface area contributed by atoms with Gasteiger partial charge in [0.1, 0.15) is 11.5 Å². The first-order chi connectivity index (χ1) is 19.4. The molecule has 0 unspecified atom stereocenters. The second-order valence-corrected chi connectivity index (χ2v) is 10.8. The molecule has 40 heavy (non-hydrogen) atoms. The predicted octanol–water partition coefficient (Wildman–Crippen LogP) is 6.33. The van der Waals surface area contributed by atoms with Crippen LogP contribution in [0.3, 0.4) is 0 Å². The number of phenolic OH excluding ortho intramolecular Hbond substituents is 2. The summed E-state index contributed by atoms with van der Waals surface area (Å²) in [5.74, 6) is 2.27. The van der Waals surface area contributed by atoms with Gasteiger partial charge in [0.25, 0.3) is 0 Å². The topological polar surface area (TPSA) is 129 Å². The summed E-state index contributed by atoms with van der Waals surface area (Å²) >= 11 is 0. The fraction of sp³-hybridized carbons (Fsp3) is 0. The van der Waals surface area contributed by atoms with E-state index in [1.54, 1.807) is 6.07 Å². The van der Waals surface area contributed by atoms with Crippen molar-refractivity contribution in [1.82, 2.24) is 0 Å². The molecule has 0 atom stereocenters. The number of aromatic hydroxyl groups is 2. The summed E-state index contributed by atoms with van der Waals surface area (Å²) in [5.41, 5.74) is 0. The van der Waals surface area contributed by atoms with E-state index in [1.807, 2.05) is 121 Å². The van der Waals surface area contributed by atoms with Crippen LogP contribution in [0.5, 0.6) is 28.7 Å². The zero-order valence-electron chi connectivity index (χ0n) is 21.3. The van der Waals surface area contributed by atoms with Crippen molar-refractivity contribution in [1.29, 1.82) is 0 Å². The van der Waals surface area contributed by atoms with E-state index in [1.165, 1.54) is 18.2 Å². The zero-order chi connectivity index (χ0) is 28.6. The summed E-state index contributed by atoms with van der Waals surface area (Å²) in [6.45, 7) is 0. The predicted molar refractivity (Wildman–Crippen MR) is 159 cm³/mol. The summed E-state index contributed by atoms with van der Waals surface area (Å²) in [6, 6.07) is 44.7. The third-order valence-corrected chi connectivity index (χ3v) is 7.50. The molecule has 0 amide bonds. The van der Waals surface area contributed by atoms with E-state index in [2.05, 4.69) is 0 Å². The Labute approximate surface area is 234 Å². The first-order valence-corrected chi connectivity index (χ1v) is 14.9. The molecule has 5 N–H and O–H groups in total. The normalized spacial score (nSPS) is 10.7. The van der Waals surface area contributed by atoms with E-state index in [0.29, 0.717) is 17.2 Å². The first-order valence-electron chi connectivity index (χ1n) is 12.0. The van der Waals surface area contributed by atoms with Gasteiger partial charge in [0, 0.05) is 6.07 Å². The van der Waals surface area contributed by atoms with E-state index in [0.717, 1.165) is 5.30 Å². The van der Waals surface area contributed by atoms with Gasteiger partial charge in [-0.1, -0.05) is 6.07 Å². The van der Waals surface area contributed by atoms with Crippen molar-refractivity contribution < 1.29 is 38.5 Å². The standard InChI is InChI=1S/C24H21O3P.C6H6O2.H3O3P/c1-5-13-21(14-6-1)25-28(24-19-11-4-12-20-24,26-22-15-7-2-8-16-22)27-23-17-9-3-10-18-23;7-5-2-1-3-6(8)4-5;1-4(2)3/h1-20,28H;1-4,7-8H;1-3H. The van der Waals surface area contributed by atoms with E-state index in [9.17, 15) is 0 Å². The molecule has 0 saturated heterocycles. The van der Waals surface area contributed by atoms with Crippen LogP contribution in [0.4, 0.5) is 0 Å². The molecule has 0 aliphatic heterocycles. The Bertz CT molecular complexity index is 1260. The summed E-state index contributed by atoms with van der Waals surface area (Å²) in [6.07, 6.45) is 0. The molecule has 208 valence electrons. The third kappa shape index (κ3) is 10.5. The number of hydrogen-bond acceptors (Lipinski definition) is 8. The van der Waals surface area contributed by atoms with Crippen molar-refractivity contribution in [3.05, 3.63) is 146 Å². The SMILES string of the molecule is OP(O)O.Oc1cccc(O)c1.c1ccc(O[PH](Oc2ccccc2)(Oc2ccccc2)c2ccccc2)cc1. The van der Waals surface area contributed by atoms with Crippen molar-refractivity contribution in [2.75, 3.05) is 0 Å². The van der Waals surface area contributed by atoms with Crippen LogP contribution in [0.2, 0.25) is 0 Å². The van der Waals surface area contributed by atoms with Gasteiger partial charge in [-0.25, -0.2) is 0 Å². The maximum atomic E-state index is 8.65. The molecule has 0 bridgehead atoms. The minimum absolute atomic E-state index is 0.0880. The first kappa shape index (κ1) is 30.4. The van der Waals surface area contributed by atoms with Gasteiger partial charge in [-0.15, -0.1) is 0 Å². The van der Waals surface area contributed by atoms with Crippen molar-refractivity contribution in [3.8, 4) is 28.7 Å². The number of phenols is 2. The average Bonchev–Trinajstić information content (AvgIpc) is 2.95. The summed E-state index contributed by atoms with van der Waals surface area (Å²) < 4.78 is 19.5. The van der Waals surface area contributed by atoms with Crippen LogP contribution in [0.25, 0.3) is 0 Å². The molecule has 0 aliphatic rings. The Morgan fingerprint density at radius 2 is 0.725 bits per heavy atom. The molecule has 0 aromatic heterocycles. The molecular formula is C30H30O8P2. The fourth-order valence-electron chi connectivity index (χ4n) is 3.31. The quantitative estimate of drug-likeness (QED) is 0.141.